The smallest absolute Gasteiger partial charge is 0.0636 e. The summed E-state index contributed by atoms with van der Waals surface area (Å²) in [6.07, 6.45) is 9.68. The minimum Gasteiger partial charge on any atom is -0.392 e. The molecule has 0 saturated heterocycles. The van der Waals surface area contributed by atoms with Crippen molar-refractivity contribution in [1.82, 2.24) is 4.98 Å². The van der Waals surface area contributed by atoms with E-state index in [1.165, 1.54) is 32.1 Å². The standard InChI is InChI=1S/C16H28N2O/c1-2-3-4-5-6-7-11-16(19)14(13-17)15-10-8-9-12-18-15/h8-10,12,14,16,19H,2-7,11,13,17H2,1H3. The quantitative estimate of drug-likeness (QED) is 0.638. The average molecular weight is 264 g/mol. The molecule has 2 unspecified atom stereocenters. The fourth-order valence-corrected chi connectivity index (χ4v) is 2.41. The molecule has 1 aromatic heterocycles. The normalized spacial score (nSPS) is 14.3. The number of pyridine rings is 1. The van der Waals surface area contributed by atoms with E-state index < -0.39 is 0 Å². The molecule has 2 atom stereocenters. The fourth-order valence-electron chi connectivity index (χ4n) is 2.41. The van der Waals surface area contributed by atoms with E-state index in [1.54, 1.807) is 6.20 Å². The molecule has 1 aromatic rings. The third kappa shape index (κ3) is 6.17. The Labute approximate surface area is 117 Å². The van der Waals surface area contributed by atoms with Crippen LogP contribution in [-0.4, -0.2) is 22.7 Å². The minimum absolute atomic E-state index is 0.0307. The summed E-state index contributed by atoms with van der Waals surface area (Å²) in [7, 11) is 0. The van der Waals surface area contributed by atoms with E-state index in [2.05, 4.69) is 11.9 Å². The van der Waals surface area contributed by atoms with E-state index in [4.69, 9.17) is 5.73 Å². The van der Waals surface area contributed by atoms with Gasteiger partial charge in [0.1, 0.15) is 0 Å². The molecule has 0 aromatic carbocycles. The zero-order chi connectivity index (χ0) is 13.9. The number of aliphatic hydroxyl groups excluding tert-OH is 1. The molecule has 0 saturated carbocycles. The van der Waals surface area contributed by atoms with Gasteiger partial charge in [-0.05, 0) is 18.6 Å². The number of aromatic nitrogens is 1. The van der Waals surface area contributed by atoms with Gasteiger partial charge in [0.2, 0.25) is 0 Å². The summed E-state index contributed by atoms with van der Waals surface area (Å²) in [6.45, 7) is 2.68. The van der Waals surface area contributed by atoms with Crippen molar-refractivity contribution in [2.75, 3.05) is 6.54 Å². The van der Waals surface area contributed by atoms with Crippen LogP contribution in [0.1, 0.15) is 63.5 Å². The van der Waals surface area contributed by atoms with E-state index in [1.807, 2.05) is 18.2 Å². The van der Waals surface area contributed by atoms with E-state index >= 15 is 0 Å². The third-order valence-corrected chi connectivity index (χ3v) is 3.64. The van der Waals surface area contributed by atoms with Crippen molar-refractivity contribution in [2.24, 2.45) is 5.73 Å². The van der Waals surface area contributed by atoms with Crippen LogP contribution in [0.4, 0.5) is 0 Å². The molecule has 0 radical (unpaired) electrons. The second-order valence-corrected chi connectivity index (χ2v) is 5.22. The van der Waals surface area contributed by atoms with Crippen LogP contribution < -0.4 is 5.73 Å². The molecule has 0 spiro atoms. The summed E-state index contributed by atoms with van der Waals surface area (Å²) in [6, 6.07) is 5.78. The van der Waals surface area contributed by atoms with Crippen LogP contribution in [0.3, 0.4) is 0 Å². The summed E-state index contributed by atoms with van der Waals surface area (Å²) in [5.74, 6) is -0.0307. The van der Waals surface area contributed by atoms with E-state index in [0.717, 1.165) is 18.5 Å². The summed E-state index contributed by atoms with van der Waals surface area (Å²) in [5.41, 5.74) is 6.68. The molecule has 0 fully saturated rings. The number of rotatable bonds is 10. The molecule has 1 heterocycles. The van der Waals surface area contributed by atoms with E-state index in [0.29, 0.717) is 6.54 Å². The highest BCUT2D eigenvalue weighted by atomic mass is 16.3. The van der Waals surface area contributed by atoms with Gasteiger partial charge in [-0.2, -0.15) is 0 Å². The van der Waals surface area contributed by atoms with Gasteiger partial charge in [0.05, 0.1) is 6.10 Å². The summed E-state index contributed by atoms with van der Waals surface area (Å²) < 4.78 is 0. The zero-order valence-corrected chi connectivity index (χ0v) is 12.1. The first-order valence-electron chi connectivity index (χ1n) is 7.58. The van der Waals surface area contributed by atoms with E-state index in [-0.39, 0.29) is 12.0 Å². The summed E-state index contributed by atoms with van der Waals surface area (Å²) in [4.78, 5) is 4.30. The predicted molar refractivity (Wildman–Crippen MR) is 80.0 cm³/mol. The van der Waals surface area contributed by atoms with Crippen LogP contribution in [-0.2, 0) is 0 Å². The predicted octanol–water partition coefficient (Wildman–Crippen LogP) is 3.24. The number of aliphatic hydroxyl groups is 1. The van der Waals surface area contributed by atoms with Crippen LogP contribution in [0.15, 0.2) is 24.4 Å². The lowest BCUT2D eigenvalue weighted by Crippen LogP contribution is -2.26. The highest BCUT2D eigenvalue weighted by Gasteiger charge is 2.20. The Morgan fingerprint density at radius 3 is 2.53 bits per heavy atom. The summed E-state index contributed by atoms with van der Waals surface area (Å²) in [5, 5.41) is 10.2. The zero-order valence-electron chi connectivity index (χ0n) is 12.1. The fraction of sp³-hybridized carbons (Fsp3) is 0.688. The molecule has 108 valence electrons. The topological polar surface area (TPSA) is 59.1 Å². The van der Waals surface area contributed by atoms with Crippen molar-refractivity contribution < 1.29 is 5.11 Å². The Morgan fingerprint density at radius 2 is 1.89 bits per heavy atom. The number of nitrogens with two attached hydrogens (primary N) is 1. The van der Waals surface area contributed by atoms with Crippen molar-refractivity contribution in [3.05, 3.63) is 30.1 Å². The molecule has 3 nitrogen and oxygen atoms in total. The van der Waals surface area contributed by atoms with Gasteiger partial charge in [-0.3, -0.25) is 4.98 Å². The molecular formula is C16H28N2O. The van der Waals surface area contributed by atoms with Crippen molar-refractivity contribution in [2.45, 2.75) is 63.9 Å². The Bertz CT molecular complexity index is 316. The second kappa shape index (κ2) is 9.93. The van der Waals surface area contributed by atoms with Crippen LogP contribution >= 0.6 is 0 Å². The largest absolute Gasteiger partial charge is 0.392 e. The van der Waals surface area contributed by atoms with Gasteiger partial charge in [-0.15, -0.1) is 0 Å². The van der Waals surface area contributed by atoms with E-state index in [9.17, 15) is 5.11 Å². The molecule has 0 aliphatic carbocycles. The number of nitrogens with zero attached hydrogens (tertiary/aromatic N) is 1. The summed E-state index contributed by atoms with van der Waals surface area (Å²) >= 11 is 0. The molecule has 19 heavy (non-hydrogen) atoms. The molecule has 0 aliphatic heterocycles. The van der Waals surface area contributed by atoms with Gasteiger partial charge in [0.15, 0.2) is 0 Å². The number of hydrogen-bond donors (Lipinski definition) is 2. The number of hydrogen-bond acceptors (Lipinski definition) is 3. The van der Waals surface area contributed by atoms with Gasteiger partial charge >= 0.3 is 0 Å². The van der Waals surface area contributed by atoms with Crippen LogP contribution in [0.5, 0.6) is 0 Å². The molecule has 0 aliphatic rings. The number of unbranched alkanes of at least 4 members (excludes halogenated alkanes) is 5. The van der Waals surface area contributed by atoms with Crippen molar-refractivity contribution in [3.8, 4) is 0 Å². The average Bonchev–Trinajstić information content (AvgIpc) is 2.45. The molecule has 0 bridgehead atoms. The van der Waals surface area contributed by atoms with Crippen molar-refractivity contribution >= 4 is 0 Å². The first-order valence-corrected chi connectivity index (χ1v) is 7.58. The Morgan fingerprint density at radius 1 is 1.16 bits per heavy atom. The lowest BCUT2D eigenvalue weighted by Gasteiger charge is -2.20. The van der Waals surface area contributed by atoms with Crippen molar-refractivity contribution in [3.63, 3.8) is 0 Å². The van der Waals surface area contributed by atoms with Gasteiger partial charge in [-0.25, -0.2) is 0 Å². The lowest BCUT2D eigenvalue weighted by atomic mass is 9.93. The minimum atomic E-state index is -0.369. The third-order valence-electron chi connectivity index (χ3n) is 3.64. The van der Waals surface area contributed by atoms with Gasteiger partial charge in [-0.1, -0.05) is 51.5 Å². The molecule has 0 amide bonds. The van der Waals surface area contributed by atoms with Crippen LogP contribution in [0.25, 0.3) is 0 Å². The first-order chi connectivity index (χ1) is 9.29. The Kier molecular flexibility index (Phi) is 8.43. The molecule has 1 rings (SSSR count). The maximum atomic E-state index is 10.2. The van der Waals surface area contributed by atoms with Crippen LogP contribution in [0, 0.1) is 0 Å². The van der Waals surface area contributed by atoms with Gasteiger partial charge in [0, 0.05) is 24.4 Å². The van der Waals surface area contributed by atoms with Crippen molar-refractivity contribution in [1.29, 1.82) is 0 Å². The maximum absolute atomic E-state index is 10.2. The molecule has 3 N–H and O–H groups in total. The Hall–Kier alpha value is -0.930. The van der Waals surface area contributed by atoms with Gasteiger partial charge in [0.25, 0.3) is 0 Å². The SMILES string of the molecule is CCCCCCCCC(O)C(CN)c1ccccn1. The molecule has 3 heteroatoms. The lowest BCUT2D eigenvalue weighted by molar-refractivity contribution is 0.130. The monoisotopic (exact) mass is 264 g/mol. The van der Waals surface area contributed by atoms with Crippen LogP contribution in [0.2, 0.25) is 0 Å². The first kappa shape index (κ1) is 16.1. The van der Waals surface area contributed by atoms with Gasteiger partial charge < -0.3 is 10.8 Å². The molecular weight excluding hydrogens is 236 g/mol. The highest BCUT2D eigenvalue weighted by Crippen LogP contribution is 2.20. The maximum Gasteiger partial charge on any atom is 0.0636 e. The highest BCUT2D eigenvalue weighted by molar-refractivity contribution is 5.11. The second-order valence-electron chi connectivity index (χ2n) is 5.22. The Balaban J connectivity index is 2.28.